The summed E-state index contributed by atoms with van der Waals surface area (Å²) in [7, 11) is -2.72. The number of amides is 2. The van der Waals surface area contributed by atoms with Gasteiger partial charge in [0.1, 0.15) is 24.2 Å². The summed E-state index contributed by atoms with van der Waals surface area (Å²) in [6.45, 7) is 2.91. The molecule has 0 heterocycles. The Bertz CT molecular complexity index is 1470. The van der Waals surface area contributed by atoms with Crippen LogP contribution in [0.5, 0.6) is 5.75 Å². The van der Waals surface area contributed by atoms with Crippen LogP contribution in [0.1, 0.15) is 50.2 Å². The summed E-state index contributed by atoms with van der Waals surface area (Å²) in [6.07, 6.45) is 4.95. The van der Waals surface area contributed by atoms with Crippen LogP contribution in [0, 0.1) is 12.7 Å². The zero-order valence-corrected chi connectivity index (χ0v) is 25.1. The number of methoxy groups -OCH3 is 1. The number of hydrogen-bond donors (Lipinski definition) is 1. The molecule has 1 saturated carbocycles. The lowest BCUT2D eigenvalue weighted by atomic mass is 9.95. The van der Waals surface area contributed by atoms with Crippen LogP contribution in [-0.4, -0.2) is 50.9 Å². The van der Waals surface area contributed by atoms with Crippen LogP contribution in [0.4, 0.5) is 10.1 Å². The van der Waals surface area contributed by atoms with E-state index in [1.165, 1.54) is 36.3 Å². The number of aryl methyl sites for hydroxylation is 1. The summed E-state index contributed by atoms with van der Waals surface area (Å²) in [4.78, 5) is 28.8. The normalized spacial score (nSPS) is 14.6. The molecule has 42 heavy (non-hydrogen) atoms. The van der Waals surface area contributed by atoms with Gasteiger partial charge in [-0.3, -0.25) is 13.9 Å². The average Bonchev–Trinajstić information content (AvgIpc) is 2.99. The van der Waals surface area contributed by atoms with Crippen molar-refractivity contribution in [2.75, 3.05) is 18.0 Å². The molecule has 0 unspecified atom stereocenters. The highest BCUT2D eigenvalue weighted by Gasteiger charge is 2.33. The van der Waals surface area contributed by atoms with Crippen LogP contribution < -0.4 is 14.4 Å². The highest BCUT2D eigenvalue weighted by molar-refractivity contribution is 7.92. The van der Waals surface area contributed by atoms with Crippen LogP contribution in [0.15, 0.2) is 77.7 Å². The zero-order chi connectivity index (χ0) is 30.3. The lowest BCUT2D eigenvalue weighted by Crippen LogP contribution is -2.53. The Balaban J connectivity index is 1.68. The van der Waals surface area contributed by atoms with Gasteiger partial charge in [-0.05, 0) is 68.7 Å². The molecular formula is C32H38FN3O5S. The van der Waals surface area contributed by atoms with Gasteiger partial charge < -0.3 is 15.0 Å². The number of ether oxygens (including phenoxy) is 1. The first kappa shape index (κ1) is 31.0. The summed E-state index contributed by atoms with van der Waals surface area (Å²) >= 11 is 0. The number of nitrogens with one attached hydrogen (secondary N) is 1. The number of sulfonamides is 1. The predicted octanol–water partition coefficient (Wildman–Crippen LogP) is 5.20. The maximum Gasteiger partial charge on any atom is 0.264 e. The molecule has 1 N–H and O–H groups in total. The van der Waals surface area contributed by atoms with Crippen molar-refractivity contribution >= 4 is 27.5 Å². The van der Waals surface area contributed by atoms with Crippen molar-refractivity contribution in [1.82, 2.24) is 10.2 Å². The van der Waals surface area contributed by atoms with Gasteiger partial charge in [0.2, 0.25) is 11.8 Å². The second-order valence-electron chi connectivity index (χ2n) is 10.7. The molecule has 0 bridgehead atoms. The monoisotopic (exact) mass is 595 g/mol. The molecular weight excluding hydrogens is 557 g/mol. The number of rotatable bonds is 11. The van der Waals surface area contributed by atoms with E-state index in [-0.39, 0.29) is 29.1 Å². The average molecular weight is 596 g/mol. The Labute approximate surface area is 247 Å². The standard InChI is InChI=1S/C32H38FN3O5S/c1-23-12-18-30(19-13-23)42(39,40)36(28-10-7-11-29(20-28)41-3)22-31(37)35(21-25-14-16-26(33)17-15-25)24(2)32(38)34-27-8-5-4-6-9-27/h7,10-20,24,27H,4-6,8-9,21-22H2,1-3H3,(H,34,38)/t24-/m1/s1. The molecule has 1 aliphatic rings. The molecule has 8 nitrogen and oxygen atoms in total. The summed E-state index contributed by atoms with van der Waals surface area (Å²) in [6, 6.07) is 17.6. The van der Waals surface area contributed by atoms with Crippen molar-refractivity contribution < 1.29 is 27.1 Å². The number of hydrogen-bond acceptors (Lipinski definition) is 5. The fourth-order valence-electron chi connectivity index (χ4n) is 5.07. The Morgan fingerprint density at radius 1 is 1.00 bits per heavy atom. The van der Waals surface area contributed by atoms with E-state index in [0.717, 1.165) is 42.0 Å². The molecule has 0 radical (unpaired) electrons. The second-order valence-corrected chi connectivity index (χ2v) is 12.6. The largest absolute Gasteiger partial charge is 0.497 e. The summed E-state index contributed by atoms with van der Waals surface area (Å²) < 4.78 is 47.9. The quantitative estimate of drug-likeness (QED) is 0.329. The van der Waals surface area contributed by atoms with Crippen LogP contribution in [-0.2, 0) is 26.2 Å². The number of anilines is 1. The molecule has 2 amide bonds. The van der Waals surface area contributed by atoms with E-state index in [0.29, 0.717) is 11.3 Å². The maximum atomic E-state index is 14.1. The van der Waals surface area contributed by atoms with Gasteiger partial charge in [0.25, 0.3) is 10.0 Å². The maximum absolute atomic E-state index is 14.1. The number of nitrogens with zero attached hydrogens (tertiary/aromatic N) is 2. The zero-order valence-electron chi connectivity index (χ0n) is 24.3. The predicted molar refractivity (Wildman–Crippen MR) is 160 cm³/mol. The van der Waals surface area contributed by atoms with Crippen molar-refractivity contribution in [2.24, 2.45) is 0 Å². The number of carbonyl (C=O) groups is 2. The van der Waals surface area contributed by atoms with Gasteiger partial charge in [-0.1, -0.05) is 55.2 Å². The molecule has 1 aliphatic carbocycles. The van der Waals surface area contributed by atoms with E-state index >= 15 is 0 Å². The van der Waals surface area contributed by atoms with Crippen molar-refractivity contribution in [3.63, 3.8) is 0 Å². The highest BCUT2D eigenvalue weighted by Crippen LogP contribution is 2.28. The minimum Gasteiger partial charge on any atom is -0.497 e. The van der Waals surface area contributed by atoms with Crippen molar-refractivity contribution in [3.8, 4) is 5.75 Å². The topological polar surface area (TPSA) is 96.0 Å². The van der Waals surface area contributed by atoms with E-state index in [9.17, 15) is 22.4 Å². The first-order chi connectivity index (χ1) is 20.1. The van der Waals surface area contributed by atoms with E-state index in [1.54, 1.807) is 55.5 Å². The van der Waals surface area contributed by atoms with Crippen LogP contribution in [0.2, 0.25) is 0 Å². The Kier molecular flexibility index (Phi) is 10.2. The molecule has 0 spiro atoms. The third-order valence-electron chi connectivity index (χ3n) is 7.61. The van der Waals surface area contributed by atoms with E-state index in [2.05, 4.69) is 5.32 Å². The van der Waals surface area contributed by atoms with Gasteiger partial charge in [0.05, 0.1) is 17.7 Å². The Hall–Kier alpha value is -3.92. The third kappa shape index (κ3) is 7.67. The summed E-state index contributed by atoms with van der Waals surface area (Å²) in [5, 5.41) is 3.07. The molecule has 0 saturated heterocycles. The molecule has 1 atom stereocenters. The van der Waals surface area contributed by atoms with Gasteiger partial charge >= 0.3 is 0 Å². The molecule has 3 aromatic carbocycles. The Morgan fingerprint density at radius 2 is 1.67 bits per heavy atom. The molecule has 0 aromatic heterocycles. The van der Waals surface area contributed by atoms with Crippen LogP contribution in [0.3, 0.4) is 0 Å². The van der Waals surface area contributed by atoms with Crippen LogP contribution in [0.25, 0.3) is 0 Å². The molecule has 10 heteroatoms. The summed E-state index contributed by atoms with van der Waals surface area (Å²) in [5.41, 5.74) is 1.74. The van der Waals surface area contributed by atoms with Gasteiger partial charge in [-0.2, -0.15) is 0 Å². The van der Waals surface area contributed by atoms with Gasteiger partial charge in [-0.25, -0.2) is 12.8 Å². The molecule has 1 fully saturated rings. The Morgan fingerprint density at radius 3 is 2.31 bits per heavy atom. The molecule has 4 rings (SSSR count). The first-order valence-corrected chi connectivity index (χ1v) is 15.6. The first-order valence-electron chi connectivity index (χ1n) is 14.2. The number of carbonyl (C=O) groups excluding carboxylic acids is 2. The van der Waals surface area contributed by atoms with Crippen LogP contribution >= 0.6 is 0 Å². The second kappa shape index (κ2) is 13.8. The number of halogens is 1. The number of benzene rings is 3. The molecule has 224 valence electrons. The lowest BCUT2D eigenvalue weighted by molar-refractivity contribution is -0.139. The van der Waals surface area contributed by atoms with Crippen molar-refractivity contribution in [2.45, 2.75) is 69.5 Å². The van der Waals surface area contributed by atoms with E-state index < -0.39 is 34.3 Å². The van der Waals surface area contributed by atoms with Gasteiger partial charge in [0.15, 0.2) is 0 Å². The molecule has 3 aromatic rings. The van der Waals surface area contributed by atoms with Gasteiger partial charge in [0, 0.05) is 18.7 Å². The lowest BCUT2D eigenvalue weighted by Gasteiger charge is -2.33. The van der Waals surface area contributed by atoms with Crippen molar-refractivity contribution in [3.05, 3.63) is 89.7 Å². The highest BCUT2D eigenvalue weighted by atomic mass is 32.2. The third-order valence-corrected chi connectivity index (χ3v) is 9.40. The van der Waals surface area contributed by atoms with E-state index in [4.69, 9.17) is 4.74 Å². The van der Waals surface area contributed by atoms with E-state index in [1.807, 2.05) is 6.92 Å². The fraction of sp³-hybridized carbons (Fsp3) is 0.375. The summed E-state index contributed by atoms with van der Waals surface area (Å²) in [5.74, 6) is -0.892. The smallest absolute Gasteiger partial charge is 0.264 e. The van der Waals surface area contributed by atoms with Gasteiger partial charge in [-0.15, -0.1) is 0 Å². The SMILES string of the molecule is COc1cccc(N(CC(=O)N(Cc2ccc(F)cc2)[C@H](C)C(=O)NC2CCCCC2)S(=O)(=O)c2ccc(C)cc2)c1. The molecule has 0 aliphatic heterocycles. The minimum absolute atomic E-state index is 0.00506. The van der Waals surface area contributed by atoms with Crippen molar-refractivity contribution in [1.29, 1.82) is 0 Å². The fourth-order valence-corrected chi connectivity index (χ4v) is 6.48. The minimum atomic E-state index is -4.19.